The van der Waals surface area contributed by atoms with E-state index in [-0.39, 0.29) is 0 Å². The maximum Gasteiger partial charge on any atom is 0.130 e. The van der Waals surface area contributed by atoms with Crippen LogP contribution >= 0.6 is 8.58 Å². The number of rotatable bonds is 6. The summed E-state index contributed by atoms with van der Waals surface area (Å²) in [7, 11) is 6.92. The van der Waals surface area contributed by atoms with Crippen molar-refractivity contribution < 1.29 is 18.9 Å². The second-order valence-corrected chi connectivity index (χ2v) is 5.45. The predicted octanol–water partition coefficient (Wildman–Crippen LogP) is 2.35. The molecule has 0 aliphatic carbocycles. The zero-order valence-electron chi connectivity index (χ0n) is 12.6. The Bertz CT molecular complexity index is 515. The standard InChI is InChI=1S/C16H19O4P/c1-17-11-7-5-8-12(18-2)15(11)21-16-13(19-3)9-6-10-14(16)20-4/h5-10,21H,1-4H3. The van der Waals surface area contributed by atoms with Crippen molar-refractivity contribution >= 4 is 19.2 Å². The summed E-state index contributed by atoms with van der Waals surface area (Å²) in [6.45, 7) is 0. The highest BCUT2D eigenvalue weighted by atomic mass is 31.1. The topological polar surface area (TPSA) is 36.9 Å². The smallest absolute Gasteiger partial charge is 0.130 e. The molecule has 0 spiro atoms. The van der Waals surface area contributed by atoms with E-state index in [2.05, 4.69) is 0 Å². The van der Waals surface area contributed by atoms with Gasteiger partial charge in [0.1, 0.15) is 23.0 Å². The van der Waals surface area contributed by atoms with E-state index in [1.807, 2.05) is 36.4 Å². The summed E-state index contributed by atoms with van der Waals surface area (Å²) >= 11 is 0. The van der Waals surface area contributed by atoms with E-state index in [0.29, 0.717) is 8.58 Å². The lowest BCUT2D eigenvalue weighted by Crippen LogP contribution is -2.13. The van der Waals surface area contributed by atoms with Gasteiger partial charge in [0.05, 0.1) is 39.0 Å². The van der Waals surface area contributed by atoms with Gasteiger partial charge in [-0.05, 0) is 32.8 Å². The molecule has 0 N–H and O–H groups in total. The van der Waals surface area contributed by atoms with Gasteiger partial charge in [-0.25, -0.2) is 0 Å². The molecule has 0 saturated heterocycles. The maximum absolute atomic E-state index is 5.45. The van der Waals surface area contributed by atoms with Crippen LogP contribution in [0.2, 0.25) is 0 Å². The van der Waals surface area contributed by atoms with Gasteiger partial charge in [0.15, 0.2) is 0 Å². The molecule has 0 heterocycles. The van der Waals surface area contributed by atoms with Gasteiger partial charge < -0.3 is 18.9 Å². The zero-order valence-corrected chi connectivity index (χ0v) is 13.6. The van der Waals surface area contributed by atoms with E-state index in [9.17, 15) is 0 Å². The number of benzene rings is 2. The fraction of sp³-hybridized carbons (Fsp3) is 0.250. The maximum atomic E-state index is 5.45. The van der Waals surface area contributed by atoms with Crippen LogP contribution in [0.15, 0.2) is 36.4 Å². The van der Waals surface area contributed by atoms with Crippen molar-refractivity contribution in [2.75, 3.05) is 28.4 Å². The van der Waals surface area contributed by atoms with E-state index >= 15 is 0 Å². The van der Waals surface area contributed by atoms with Crippen LogP contribution < -0.4 is 29.6 Å². The second kappa shape index (κ2) is 7.19. The molecule has 0 bridgehead atoms. The third-order valence-electron chi connectivity index (χ3n) is 3.11. The summed E-state index contributed by atoms with van der Waals surface area (Å²) < 4.78 is 21.8. The minimum absolute atomic E-state index is 0.299. The van der Waals surface area contributed by atoms with Crippen molar-refractivity contribution in [3.63, 3.8) is 0 Å². The quantitative estimate of drug-likeness (QED) is 0.768. The summed E-state index contributed by atoms with van der Waals surface area (Å²) in [5, 5.41) is 1.98. The molecule has 21 heavy (non-hydrogen) atoms. The molecule has 0 aromatic heterocycles. The van der Waals surface area contributed by atoms with Crippen molar-refractivity contribution in [3.8, 4) is 23.0 Å². The Morgan fingerprint density at radius 2 is 0.857 bits per heavy atom. The highest BCUT2D eigenvalue weighted by Crippen LogP contribution is 2.32. The third-order valence-corrected chi connectivity index (χ3v) is 4.59. The SMILES string of the molecule is COc1cccc(OC)c1Pc1c(OC)cccc1OC. The van der Waals surface area contributed by atoms with Gasteiger partial charge in [-0.15, -0.1) is 0 Å². The monoisotopic (exact) mass is 306 g/mol. The molecular formula is C16H19O4P. The minimum atomic E-state index is 0.299. The van der Waals surface area contributed by atoms with E-state index in [0.717, 1.165) is 33.6 Å². The Kier molecular flexibility index (Phi) is 5.29. The lowest BCUT2D eigenvalue weighted by molar-refractivity contribution is 0.399. The lowest BCUT2D eigenvalue weighted by atomic mass is 10.3. The lowest BCUT2D eigenvalue weighted by Gasteiger charge is -2.16. The first-order valence-corrected chi connectivity index (χ1v) is 7.44. The normalized spacial score (nSPS) is 10.1. The highest BCUT2D eigenvalue weighted by molar-refractivity contribution is 7.56. The zero-order chi connectivity index (χ0) is 15.2. The molecule has 0 amide bonds. The number of hydrogen-bond donors (Lipinski definition) is 0. The summed E-state index contributed by atoms with van der Waals surface area (Å²) in [5.74, 6) is 3.17. The molecule has 0 atom stereocenters. The van der Waals surface area contributed by atoms with Crippen LogP contribution in [-0.2, 0) is 0 Å². The number of methoxy groups -OCH3 is 4. The van der Waals surface area contributed by atoms with Crippen LogP contribution in [0.25, 0.3) is 0 Å². The van der Waals surface area contributed by atoms with E-state index < -0.39 is 0 Å². The molecule has 0 aliphatic heterocycles. The van der Waals surface area contributed by atoms with E-state index in [1.165, 1.54) is 0 Å². The molecule has 0 saturated carbocycles. The van der Waals surface area contributed by atoms with Crippen molar-refractivity contribution in [1.82, 2.24) is 0 Å². The molecule has 2 aromatic carbocycles. The van der Waals surface area contributed by atoms with Crippen molar-refractivity contribution in [2.45, 2.75) is 0 Å². The van der Waals surface area contributed by atoms with Crippen LogP contribution in [-0.4, -0.2) is 28.4 Å². The van der Waals surface area contributed by atoms with Crippen molar-refractivity contribution in [1.29, 1.82) is 0 Å². The fourth-order valence-electron chi connectivity index (χ4n) is 2.07. The summed E-state index contributed by atoms with van der Waals surface area (Å²) in [6, 6.07) is 11.5. The Labute approximate surface area is 126 Å². The van der Waals surface area contributed by atoms with Crippen molar-refractivity contribution in [3.05, 3.63) is 36.4 Å². The molecule has 2 rings (SSSR count). The van der Waals surface area contributed by atoms with Crippen LogP contribution in [0, 0.1) is 0 Å². The number of ether oxygens (including phenoxy) is 4. The number of hydrogen-bond acceptors (Lipinski definition) is 4. The van der Waals surface area contributed by atoms with Gasteiger partial charge in [0.25, 0.3) is 0 Å². The van der Waals surface area contributed by atoms with Crippen LogP contribution in [0.4, 0.5) is 0 Å². The first-order chi connectivity index (χ1) is 10.2. The van der Waals surface area contributed by atoms with Crippen LogP contribution in [0.3, 0.4) is 0 Å². The van der Waals surface area contributed by atoms with Gasteiger partial charge in [0, 0.05) is 0 Å². The van der Waals surface area contributed by atoms with Gasteiger partial charge >= 0.3 is 0 Å². The summed E-state index contributed by atoms with van der Waals surface area (Å²) in [5.41, 5.74) is 0. The average Bonchev–Trinajstić information content (AvgIpc) is 2.55. The molecule has 112 valence electrons. The summed E-state index contributed by atoms with van der Waals surface area (Å²) in [4.78, 5) is 0. The molecular weight excluding hydrogens is 287 g/mol. The Hall–Kier alpha value is -1.93. The largest absolute Gasteiger partial charge is 0.496 e. The molecule has 4 nitrogen and oxygen atoms in total. The Morgan fingerprint density at radius 1 is 0.571 bits per heavy atom. The Morgan fingerprint density at radius 3 is 1.10 bits per heavy atom. The molecule has 0 fully saturated rings. The van der Waals surface area contributed by atoms with E-state index in [4.69, 9.17) is 18.9 Å². The van der Waals surface area contributed by atoms with E-state index in [1.54, 1.807) is 28.4 Å². The molecule has 5 heteroatoms. The average molecular weight is 306 g/mol. The van der Waals surface area contributed by atoms with Gasteiger partial charge in [0.2, 0.25) is 0 Å². The van der Waals surface area contributed by atoms with Crippen LogP contribution in [0.5, 0.6) is 23.0 Å². The third kappa shape index (κ3) is 3.22. The van der Waals surface area contributed by atoms with Crippen molar-refractivity contribution in [2.24, 2.45) is 0 Å². The Balaban J connectivity index is 2.52. The molecule has 0 aliphatic rings. The van der Waals surface area contributed by atoms with Gasteiger partial charge in [-0.3, -0.25) is 0 Å². The first kappa shape index (κ1) is 15.5. The molecule has 2 aromatic rings. The predicted molar refractivity (Wildman–Crippen MR) is 86.7 cm³/mol. The minimum Gasteiger partial charge on any atom is -0.496 e. The van der Waals surface area contributed by atoms with Gasteiger partial charge in [-0.2, -0.15) is 0 Å². The first-order valence-electron chi connectivity index (χ1n) is 6.44. The van der Waals surface area contributed by atoms with Crippen LogP contribution in [0.1, 0.15) is 0 Å². The molecule has 0 unspecified atom stereocenters. The highest BCUT2D eigenvalue weighted by Gasteiger charge is 2.16. The second-order valence-electron chi connectivity index (χ2n) is 4.20. The van der Waals surface area contributed by atoms with Gasteiger partial charge in [-0.1, -0.05) is 12.1 Å². The fourth-order valence-corrected chi connectivity index (χ4v) is 3.56. The molecule has 0 radical (unpaired) electrons. The summed E-state index contributed by atoms with van der Waals surface area (Å²) in [6.07, 6.45) is 0.